The molecule has 102 valence electrons. The van der Waals surface area contributed by atoms with Crippen LogP contribution in [0.4, 0.5) is 11.4 Å². The van der Waals surface area contributed by atoms with E-state index in [1.807, 2.05) is 17.7 Å². The summed E-state index contributed by atoms with van der Waals surface area (Å²) >= 11 is 0. The Kier molecular flexibility index (Phi) is 3.91. The fraction of sp³-hybridized carbons (Fsp3) is 0.250. The molecular formula is C12H12N6O2. The highest BCUT2D eigenvalue weighted by Crippen LogP contribution is 2.21. The summed E-state index contributed by atoms with van der Waals surface area (Å²) < 4.78 is 1.82. The predicted octanol–water partition coefficient (Wildman–Crippen LogP) is 1.25. The van der Waals surface area contributed by atoms with Crippen LogP contribution in [0, 0.1) is 21.4 Å². The maximum absolute atomic E-state index is 10.7. The van der Waals surface area contributed by atoms with Crippen LogP contribution < -0.4 is 5.32 Å². The molecule has 0 aliphatic rings. The van der Waals surface area contributed by atoms with Crippen LogP contribution in [-0.4, -0.2) is 26.2 Å². The molecule has 0 fully saturated rings. The molecule has 1 N–H and O–H groups in total. The molecule has 20 heavy (non-hydrogen) atoms. The van der Waals surface area contributed by atoms with Crippen molar-refractivity contribution in [3.05, 3.63) is 46.0 Å². The quantitative estimate of drug-likeness (QED) is 0.648. The zero-order valence-corrected chi connectivity index (χ0v) is 10.8. The van der Waals surface area contributed by atoms with Crippen LogP contribution >= 0.6 is 0 Å². The molecule has 0 aliphatic heterocycles. The Morgan fingerprint density at radius 2 is 2.35 bits per heavy atom. The van der Waals surface area contributed by atoms with E-state index in [4.69, 9.17) is 5.26 Å². The van der Waals surface area contributed by atoms with Crippen molar-refractivity contribution in [2.75, 3.05) is 11.9 Å². The largest absolute Gasteiger partial charge is 0.385 e. The van der Waals surface area contributed by atoms with E-state index in [0.29, 0.717) is 18.7 Å². The molecule has 0 bridgehead atoms. The molecule has 0 atom stereocenters. The summed E-state index contributed by atoms with van der Waals surface area (Å²) in [5.74, 6) is 0.833. The third-order valence-electron chi connectivity index (χ3n) is 2.80. The second-order valence-corrected chi connectivity index (χ2v) is 4.14. The third kappa shape index (κ3) is 2.89. The van der Waals surface area contributed by atoms with Crippen LogP contribution in [0.15, 0.2) is 24.5 Å². The van der Waals surface area contributed by atoms with Gasteiger partial charge in [0.15, 0.2) is 0 Å². The van der Waals surface area contributed by atoms with Crippen LogP contribution in [-0.2, 0) is 13.5 Å². The number of aryl methyl sites for hydroxylation is 1. The molecule has 1 aromatic carbocycles. The van der Waals surface area contributed by atoms with Crippen LogP contribution in [0.25, 0.3) is 0 Å². The van der Waals surface area contributed by atoms with Gasteiger partial charge >= 0.3 is 0 Å². The van der Waals surface area contributed by atoms with E-state index in [2.05, 4.69) is 15.5 Å². The fourth-order valence-electron chi connectivity index (χ4n) is 1.75. The van der Waals surface area contributed by atoms with Gasteiger partial charge < -0.3 is 9.88 Å². The van der Waals surface area contributed by atoms with E-state index >= 15 is 0 Å². The van der Waals surface area contributed by atoms with Crippen molar-refractivity contribution >= 4 is 11.4 Å². The summed E-state index contributed by atoms with van der Waals surface area (Å²) in [6.45, 7) is 0.592. The van der Waals surface area contributed by atoms with Gasteiger partial charge in [-0.25, -0.2) is 0 Å². The van der Waals surface area contributed by atoms with Gasteiger partial charge in [-0.05, 0) is 12.1 Å². The SMILES string of the molecule is Cn1cnnc1CCNc1ccc([N+](=O)[O-])c(C#N)c1. The summed E-state index contributed by atoms with van der Waals surface area (Å²) in [5.41, 5.74) is 0.513. The molecule has 2 rings (SSSR count). The molecule has 0 amide bonds. The van der Waals surface area contributed by atoms with E-state index in [0.717, 1.165) is 5.82 Å². The van der Waals surface area contributed by atoms with Crippen molar-refractivity contribution in [1.29, 1.82) is 5.26 Å². The Hall–Kier alpha value is -2.95. The van der Waals surface area contributed by atoms with E-state index in [9.17, 15) is 10.1 Å². The fourth-order valence-corrected chi connectivity index (χ4v) is 1.75. The summed E-state index contributed by atoms with van der Waals surface area (Å²) in [6.07, 6.45) is 2.28. The van der Waals surface area contributed by atoms with Gasteiger partial charge in [0.2, 0.25) is 0 Å². The first kappa shape index (κ1) is 13.5. The molecule has 0 radical (unpaired) electrons. The smallest absolute Gasteiger partial charge is 0.287 e. The zero-order chi connectivity index (χ0) is 14.5. The maximum Gasteiger partial charge on any atom is 0.287 e. The lowest BCUT2D eigenvalue weighted by Gasteiger charge is -2.06. The summed E-state index contributed by atoms with van der Waals surface area (Å²) in [4.78, 5) is 10.1. The van der Waals surface area contributed by atoms with E-state index in [1.165, 1.54) is 12.1 Å². The molecule has 1 aromatic heterocycles. The molecule has 0 spiro atoms. The Labute approximate surface area is 114 Å². The van der Waals surface area contributed by atoms with Gasteiger partial charge in [-0.2, -0.15) is 5.26 Å². The van der Waals surface area contributed by atoms with Crippen molar-refractivity contribution in [1.82, 2.24) is 14.8 Å². The minimum absolute atomic E-state index is 0.0404. The lowest BCUT2D eigenvalue weighted by molar-refractivity contribution is -0.385. The molecular weight excluding hydrogens is 260 g/mol. The third-order valence-corrected chi connectivity index (χ3v) is 2.80. The first-order valence-electron chi connectivity index (χ1n) is 5.87. The second-order valence-electron chi connectivity index (χ2n) is 4.14. The average Bonchev–Trinajstić information content (AvgIpc) is 2.84. The van der Waals surface area contributed by atoms with E-state index in [-0.39, 0.29) is 11.3 Å². The Morgan fingerprint density at radius 3 is 2.95 bits per heavy atom. The Balaban J connectivity index is 2.02. The second kappa shape index (κ2) is 5.79. The van der Waals surface area contributed by atoms with Crippen molar-refractivity contribution in [3.63, 3.8) is 0 Å². The number of rotatable bonds is 5. The lowest BCUT2D eigenvalue weighted by atomic mass is 10.1. The van der Waals surface area contributed by atoms with E-state index in [1.54, 1.807) is 12.4 Å². The number of nitro benzene ring substituents is 1. The topological polar surface area (TPSA) is 110 Å². The maximum atomic E-state index is 10.7. The van der Waals surface area contributed by atoms with Gasteiger partial charge in [0.1, 0.15) is 23.8 Å². The number of benzene rings is 1. The minimum atomic E-state index is -0.568. The van der Waals surface area contributed by atoms with Gasteiger partial charge in [-0.15, -0.1) is 10.2 Å². The first-order chi connectivity index (χ1) is 9.61. The molecule has 0 aliphatic carbocycles. The van der Waals surface area contributed by atoms with Gasteiger partial charge in [-0.3, -0.25) is 10.1 Å². The lowest BCUT2D eigenvalue weighted by Crippen LogP contribution is -2.08. The van der Waals surface area contributed by atoms with Gasteiger partial charge in [0, 0.05) is 31.8 Å². The van der Waals surface area contributed by atoms with Gasteiger partial charge in [0.05, 0.1) is 4.92 Å². The van der Waals surface area contributed by atoms with Crippen LogP contribution in [0.2, 0.25) is 0 Å². The number of aromatic nitrogens is 3. The number of anilines is 1. The molecule has 0 saturated heterocycles. The molecule has 8 heteroatoms. The minimum Gasteiger partial charge on any atom is -0.385 e. The summed E-state index contributed by atoms with van der Waals surface area (Å²) in [6, 6.07) is 6.19. The number of hydrogen-bond donors (Lipinski definition) is 1. The highest BCUT2D eigenvalue weighted by Gasteiger charge is 2.13. The standard InChI is InChI=1S/C12H12N6O2/c1-17-8-15-16-12(17)4-5-14-10-2-3-11(18(19)20)9(6-10)7-13/h2-3,6,8,14H,4-5H2,1H3. The molecule has 0 unspecified atom stereocenters. The Bertz CT molecular complexity index is 673. The number of hydrogen-bond acceptors (Lipinski definition) is 6. The zero-order valence-electron chi connectivity index (χ0n) is 10.8. The molecule has 0 saturated carbocycles. The van der Waals surface area contributed by atoms with Crippen molar-refractivity contribution in [2.24, 2.45) is 7.05 Å². The highest BCUT2D eigenvalue weighted by atomic mass is 16.6. The molecule has 2 aromatic rings. The molecule has 1 heterocycles. The van der Waals surface area contributed by atoms with Crippen molar-refractivity contribution in [3.8, 4) is 6.07 Å². The van der Waals surface area contributed by atoms with E-state index < -0.39 is 4.92 Å². The number of nitro groups is 1. The van der Waals surface area contributed by atoms with Gasteiger partial charge in [-0.1, -0.05) is 0 Å². The molecule has 8 nitrogen and oxygen atoms in total. The summed E-state index contributed by atoms with van der Waals surface area (Å²) in [5, 5.41) is 30.4. The average molecular weight is 272 g/mol. The van der Waals surface area contributed by atoms with Crippen molar-refractivity contribution in [2.45, 2.75) is 6.42 Å². The Morgan fingerprint density at radius 1 is 1.55 bits per heavy atom. The van der Waals surface area contributed by atoms with Crippen LogP contribution in [0.1, 0.15) is 11.4 Å². The summed E-state index contributed by atoms with van der Waals surface area (Å²) in [7, 11) is 1.86. The number of nitrogens with zero attached hydrogens (tertiary/aromatic N) is 5. The van der Waals surface area contributed by atoms with Crippen molar-refractivity contribution < 1.29 is 4.92 Å². The number of nitriles is 1. The number of nitrogens with one attached hydrogen (secondary N) is 1. The predicted molar refractivity (Wildman–Crippen MR) is 71.0 cm³/mol. The highest BCUT2D eigenvalue weighted by molar-refractivity contribution is 5.58. The first-order valence-corrected chi connectivity index (χ1v) is 5.87. The normalized spacial score (nSPS) is 10.0. The van der Waals surface area contributed by atoms with Gasteiger partial charge in [0.25, 0.3) is 5.69 Å². The van der Waals surface area contributed by atoms with Crippen LogP contribution in [0.3, 0.4) is 0 Å². The monoisotopic (exact) mass is 272 g/mol. The van der Waals surface area contributed by atoms with Crippen LogP contribution in [0.5, 0.6) is 0 Å².